The summed E-state index contributed by atoms with van der Waals surface area (Å²) in [5.74, 6) is -0.312. The van der Waals surface area contributed by atoms with Gasteiger partial charge in [-0.05, 0) is 24.1 Å². The Balaban J connectivity index is 2.73. The zero-order valence-corrected chi connectivity index (χ0v) is 7.62. The van der Waals surface area contributed by atoms with Crippen molar-refractivity contribution < 1.29 is 9.18 Å². The number of nitrogens with zero attached hydrogens (tertiary/aromatic N) is 1. The number of rotatable bonds is 2. The number of benzene rings is 1. The highest BCUT2D eigenvalue weighted by Crippen LogP contribution is 2.06. The molecule has 0 radical (unpaired) electrons. The Labute approximate surface area is 80.6 Å². The van der Waals surface area contributed by atoms with Crippen molar-refractivity contribution in [2.45, 2.75) is 6.92 Å². The van der Waals surface area contributed by atoms with E-state index in [1.54, 1.807) is 19.1 Å². The molecule has 2 amide bonds. The third-order valence-corrected chi connectivity index (χ3v) is 1.58. The average Bonchev–Trinajstić information content (AvgIpc) is 2.10. The topological polar surface area (TPSA) is 67.5 Å². The lowest BCUT2D eigenvalue weighted by molar-refractivity contribution is 0.249. The summed E-state index contributed by atoms with van der Waals surface area (Å²) in [6.07, 6.45) is 1.31. The molecular weight excluding hydrogens is 185 g/mol. The van der Waals surface area contributed by atoms with Gasteiger partial charge >= 0.3 is 6.03 Å². The van der Waals surface area contributed by atoms with Crippen LogP contribution in [-0.4, -0.2) is 12.2 Å². The van der Waals surface area contributed by atoms with Gasteiger partial charge in [0.1, 0.15) is 5.82 Å². The Hall–Kier alpha value is -1.91. The van der Waals surface area contributed by atoms with Crippen LogP contribution >= 0.6 is 0 Å². The molecule has 74 valence electrons. The summed E-state index contributed by atoms with van der Waals surface area (Å²) in [5.41, 5.74) is 7.90. The van der Waals surface area contributed by atoms with Gasteiger partial charge in [0.15, 0.2) is 0 Å². The normalized spacial score (nSPS) is 10.4. The van der Waals surface area contributed by atoms with Crippen LogP contribution in [0.2, 0.25) is 0 Å². The number of amides is 2. The number of carbonyl (C=O) groups is 1. The van der Waals surface area contributed by atoms with Crippen LogP contribution in [0, 0.1) is 12.7 Å². The second-order valence-corrected chi connectivity index (χ2v) is 2.74. The molecular formula is C9H10FN3O. The molecule has 1 rings (SSSR count). The van der Waals surface area contributed by atoms with Crippen LogP contribution < -0.4 is 11.2 Å². The molecule has 0 heterocycles. The molecule has 1 aromatic carbocycles. The summed E-state index contributed by atoms with van der Waals surface area (Å²) >= 11 is 0. The zero-order chi connectivity index (χ0) is 10.6. The first-order chi connectivity index (χ1) is 6.59. The van der Waals surface area contributed by atoms with E-state index in [4.69, 9.17) is 5.73 Å². The van der Waals surface area contributed by atoms with E-state index in [2.05, 4.69) is 5.10 Å². The summed E-state index contributed by atoms with van der Waals surface area (Å²) < 4.78 is 13.0. The van der Waals surface area contributed by atoms with Crippen LogP contribution in [0.3, 0.4) is 0 Å². The van der Waals surface area contributed by atoms with Gasteiger partial charge in [0, 0.05) is 0 Å². The lowest BCUT2D eigenvalue weighted by atomic mass is 10.1. The monoisotopic (exact) mass is 195 g/mol. The Bertz CT molecular complexity index is 376. The summed E-state index contributed by atoms with van der Waals surface area (Å²) in [6.45, 7) is 1.66. The maximum absolute atomic E-state index is 13.0. The highest BCUT2D eigenvalue weighted by atomic mass is 19.1. The highest BCUT2D eigenvalue weighted by molar-refractivity contribution is 5.81. The molecule has 0 bridgehead atoms. The van der Waals surface area contributed by atoms with Gasteiger partial charge in [-0.2, -0.15) is 5.10 Å². The second kappa shape index (κ2) is 4.36. The van der Waals surface area contributed by atoms with Gasteiger partial charge < -0.3 is 5.73 Å². The predicted octanol–water partition coefficient (Wildman–Crippen LogP) is 1.14. The van der Waals surface area contributed by atoms with Crippen molar-refractivity contribution in [2.24, 2.45) is 10.8 Å². The Kier molecular flexibility index (Phi) is 3.17. The molecule has 0 saturated carbocycles. The van der Waals surface area contributed by atoms with Crippen LogP contribution in [0.25, 0.3) is 0 Å². The van der Waals surface area contributed by atoms with Gasteiger partial charge in [0.05, 0.1) is 6.21 Å². The van der Waals surface area contributed by atoms with E-state index in [1.807, 2.05) is 5.43 Å². The lowest BCUT2D eigenvalue weighted by Gasteiger charge is -1.97. The lowest BCUT2D eigenvalue weighted by Crippen LogP contribution is -2.24. The number of halogens is 1. The van der Waals surface area contributed by atoms with Gasteiger partial charge in [-0.3, -0.25) is 0 Å². The number of aryl methyl sites for hydroxylation is 1. The summed E-state index contributed by atoms with van der Waals surface area (Å²) in [5, 5.41) is 3.50. The number of primary amides is 1. The van der Waals surface area contributed by atoms with Crippen LogP contribution in [0.4, 0.5) is 9.18 Å². The van der Waals surface area contributed by atoms with E-state index in [0.717, 1.165) is 0 Å². The van der Waals surface area contributed by atoms with E-state index in [0.29, 0.717) is 11.1 Å². The van der Waals surface area contributed by atoms with Crippen molar-refractivity contribution in [3.63, 3.8) is 0 Å². The third-order valence-electron chi connectivity index (χ3n) is 1.58. The molecule has 0 saturated heterocycles. The Morgan fingerprint density at radius 1 is 1.64 bits per heavy atom. The van der Waals surface area contributed by atoms with Crippen LogP contribution in [0.1, 0.15) is 11.1 Å². The number of carbonyl (C=O) groups excluding carboxylic acids is 1. The minimum absolute atomic E-state index is 0.312. The molecule has 1 aromatic rings. The van der Waals surface area contributed by atoms with Crippen molar-refractivity contribution in [1.29, 1.82) is 0 Å². The van der Waals surface area contributed by atoms with Crippen LogP contribution in [0.5, 0.6) is 0 Å². The second-order valence-electron chi connectivity index (χ2n) is 2.74. The van der Waals surface area contributed by atoms with Gasteiger partial charge in [-0.15, -0.1) is 0 Å². The van der Waals surface area contributed by atoms with Gasteiger partial charge in [0.25, 0.3) is 0 Å². The number of hydrazone groups is 1. The van der Waals surface area contributed by atoms with Gasteiger partial charge in [-0.1, -0.05) is 12.1 Å². The molecule has 4 nitrogen and oxygen atoms in total. The van der Waals surface area contributed by atoms with Crippen molar-refractivity contribution in [2.75, 3.05) is 0 Å². The maximum atomic E-state index is 13.0. The fourth-order valence-electron chi connectivity index (χ4n) is 0.860. The van der Waals surface area contributed by atoms with E-state index in [9.17, 15) is 9.18 Å². The molecule has 0 spiro atoms. The average molecular weight is 195 g/mol. The minimum Gasteiger partial charge on any atom is -0.350 e. The smallest absolute Gasteiger partial charge is 0.332 e. The number of nitrogens with one attached hydrogen (secondary N) is 1. The molecule has 5 heteroatoms. The quantitative estimate of drug-likeness (QED) is 0.539. The fraction of sp³-hybridized carbons (Fsp3) is 0.111. The largest absolute Gasteiger partial charge is 0.350 e. The van der Waals surface area contributed by atoms with Crippen molar-refractivity contribution in [3.8, 4) is 0 Å². The van der Waals surface area contributed by atoms with Crippen molar-refractivity contribution in [1.82, 2.24) is 5.43 Å². The molecule has 0 aliphatic rings. The molecule has 0 aromatic heterocycles. The fourth-order valence-corrected chi connectivity index (χ4v) is 0.860. The van der Waals surface area contributed by atoms with Gasteiger partial charge in [-0.25, -0.2) is 14.6 Å². The third kappa shape index (κ3) is 2.85. The predicted molar refractivity (Wildman–Crippen MR) is 51.5 cm³/mol. The Morgan fingerprint density at radius 3 is 2.93 bits per heavy atom. The first kappa shape index (κ1) is 10.2. The molecule has 0 aliphatic heterocycles. The van der Waals surface area contributed by atoms with Gasteiger partial charge in [0.2, 0.25) is 0 Å². The first-order valence-electron chi connectivity index (χ1n) is 3.94. The number of urea groups is 1. The van der Waals surface area contributed by atoms with Crippen LogP contribution in [0.15, 0.2) is 23.3 Å². The van der Waals surface area contributed by atoms with E-state index < -0.39 is 6.03 Å². The zero-order valence-electron chi connectivity index (χ0n) is 7.62. The van der Waals surface area contributed by atoms with E-state index >= 15 is 0 Å². The summed E-state index contributed by atoms with van der Waals surface area (Å²) in [7, 11) is 0. The SMILES string of the molecule is Cc1ccc(C=NNC(N)=O)cc1F. The molecule has 0 fully saturated rings. The van der Waals surface area contributed by atoms with Crippen LogP contribution in [-0.2, 0) is 0 Å². The molecule has 14 heavy (non-hydrogen) atoms. The number of nitrogens with two attached hydrogens (primary N) is 1. The standard InChI is InChI=1S/C9H10FN3O/c1-6-2-3-7(4-8(6)10)5-12-13-9(11)14/h2-5H,1H3,(H3,11,13,14). The summed E-state index contributed by atoms with van der Waals surface area (Å²) in [6, 6.07) is 3.88. The molecule has 3 N–H and O–H groups in total. The first-order valence-corrected chi connectivity index (χ1v) is 3.94. The highest BCUT2D eigenvalue weighted by Gasteiger charge is 1.96. The number of hydrogen-bond donors (Lipinski definition) is 2. The molecule has 0 aliphatic carbocycles. The maximum Gasteiger partial charge on any atom is 0.332 e. The van der Waals surface area contributed by atoms with E-state index in [-0.39, 0.29) is 5.82 Å². The molecule has 0 atom stereocenters. The Morgan fingerprint density at radius 2 is 2.36 bits per heavy atom. The van der Waals surface area contributed by atoms with Crippen molar-refractivity contribution >= 4 is 12.2 Å². The number of hydrogen-bond acceptors (Lipinski definition) is 2. The van der Waals surface area contributed by atoms with E-state index in [1.165, 1.54) is 12.3 Å². The van der Waals surface area contributed by atoms with Crippen molar-refractivity contribution in [3.05, 3.63) is 35.1 Å². The molecule has 0 unspecified atom stereocenters. The summed E-state index contributed by atoms with van der Waals surface area (Å²) in [4.78, 5) is 10.2. The minimum atomic E-state index is -0.756.